The number of pyridine rings is 1. The van der Waals surface area contributed by atoms with Crippen molar-refractivity contribution in [3.8, 4) is 67.5 Å². The van der Waals surface area contributed by atoms with Crippen molar-refractivity contribution in [1.82, 2.24) is 19.9 Å². The predicted octanol–water partition coefficient (Wildman–Crippen LogP) is 9.27. The zero-order valence-corrected chi connectivity index (χ0v) is 22.8. The Morgan fingerprint density at radius 2 is 0.690 bits per heavy atom. The van der Waals surface area contributed by atoms with Crippen LogP contribution in [0.4, 0.5) is 0 Å². The second-order valence-electron chi connectivity index (χ2n) is 10.0. The highest BCUT2D eigenvalue weighted by molar-refractivity contribution is 5.76. The zero-order chi connectivity index (χ0) is 28.1. The van der Waals surface area contributed by atoms with E-state index in [1.54, 1.807) is 6.20 Å². The molecule has 0 aliphatic carbocycles. The fraction of sp³-hybridized carbons (Fsp3) is 0. The Balaban J connectivity index is 1.20. The summed E-state index contributed by atoms with van der Waals surface area (Å²) < 4.78 is 0. The lowest BCUT2D eigenvalue weighted by Gasteiger charge is -2.10. The van der Waals surface area contributed by atoms with Crippen molar-refractivity contribution >= 4 is 0 Å². The lowest BCUT2D eigenvalue weighted by molar-refractivity contribution is 1.07. The number of rotatable bonds is 6. The molecule has 0 saturated carbocycles. The van der Waals surface area contributed by atoms with Gasteiger partial charge in [0.1, 0.15) is 0 Å². The van der Waals surface area contributed by atoms with Crippen LogP contribution in [-0.4, -0.2) is 19.9 Å². The summed E-state index contributed by atoms with van der Waals surface area (Å²) in [6, 6.07) is 49.8. The second kappa shape index (κ2) is 11.4. The van der Waals surface area contributed by atoms with Crippen LogP contribution in [0, 0.1) is 0 Å². The monoisotopic (exact) mass is 538 g/mol. The summed E-state index contributed by atoms with van der Waals surface area (Å²) in [7, 11) is 0. The van der Waals surface area contributed by atoms with Gasteiger partial charge in [-0.15, -0.1) is 0 Å². The third-order valence-electron chi connectivity index (χ3n) is 7.25. The van der Waals surface area contributed by atoms with Crippen molar-refractivity contribution in [2.24, 2.45) is 0 Å². The van der Waals surface area contributed by atoms with Gasteiger partial charge in [0.15, 0.2) is 17.5 Å². The van der Waals surface area contributed by atoms with Crippen molar-refractivity contribution in [1.29, 1.82) is 0 Å². The Bertz CT molecular complexity index is 1880. The van der Waals surface area contributed by atoms with Gasteiger partial charge >= 0.3 is 0 Å². The molecule has 4 heteroatoms. The molecule has 42 heavy (non-hydrogen) atoms. The van der Waals surface area contributed by atoms with Gasteiger partial charge in [-0.3, -0.25) is 4.98 Å². The fourth-order valence-electron chi connectivity index (χ4n) is 5.02. The molecule has 0 spiro atoms. The molecule has 198 valence electrons. The quantitative estimate of drug-likeness (QED) is 0.212. The number of hydrogen-bond donors (Lipinski definition) is 0. The van der Waals surface area contributed by atoms with Gasteiger partial charge < -0.3 is 0 Å². The summed E-state index contributed by atoms with van der Waals surface area (Å²) in [6.45, 7) is 0. The Hall–Kier alpha value is -5.74. The van der Waals surface area contributed by atoms with Crippen LogP contribution in [0.15, 0.2) is 158 Å². The first-order chi connectivity index (χ1) is 20.8. The van der Waals surface area contributed by atoms with Gasteiger partial charge in [0.2, 0.25) is 0 Å². The van der Waals surface area contributed by atoms with Crippen molar-refractivity contribution in [3.63, 3.8) is 0 Å². The molecule has 5 aromatic carbocycles. The molecule has 2 heterocycles. The minimum atomic E-state index is 0.648. The van der Waals surface area contributed by atoms with Gasteiger partial charge in [-0.2, -0.15) is 0 Å². The van der Waals surface area contributed by atoms with Crippen LogP contribution in [-0.2, 0) is 0 Å². The predicted molar refractivity (Wildman–Crippen MR) is 170 cm³/mol. The average Bonchev–Trinajstić information content (AvgIpc) is 3.09. The van der Waals surface area contributed by atoms with Crippen LogP contribution in [0.1, 0.15) is 0 Å². The molecular formula is C38H26N4. The molecule has 4 nitrogen and oxygen atoms in total. The van der Waals surface area contributed by atoms with Crippen LogP contribution >= 0.6 is 0 Å². The highest BCUT2D eigenvalue weighted by Crippen LogP contribution is 2.30. The Morgan fingerprint density at radius 1 is 0.286 bits per heavy atom. The first-order valence-corrected chi connectivity index (χ1v) is 13.9. The Morgan fingerprint density at radius 3 is 1.19 bits per heavy atom. The fourth-order valence-corrected chi connectivity index (χ4v) is 5.02. The van der Waals surface area contributed by atoms with Gasteiger partial charge in [-0.1, -0.05) is 133 Å². The molecule has 2 aromatic heterocycles. The largest absolute Gasteiger partial charge is 0.264 e. The van der Waals surface area contributed by atoms with Crippen LogP contribution < -0.4 is 0 Å². The molecule has 7 aromatic rings. The van der Waals surface area contributed by atoms with E-state index < -0.39 is 0 Å². The van der Waals surface area contributed by atoms with Gasteiger partial charge in [0, 0.05) is 29.1 Å². The van der Waals surface area contributed by atoms with E-state index >= 15 is 0 Å². The molecule has 0 aliphatic rings. The molecule has 0 unspecified atom stereocenters. The molecule has 0 amide bonds. The molecule has 0 N–H and O–H groups in total. The van der Waals surface area contributed by atoms with Crippen molar-refractivity contribution in [2.45, 2.75) is 0 Å². The normalized spacial score (nSPS) is 10.9. The molecule has 0 saturated heterocycles. The van der Waals surface area contributed by atoms with Crippen molar-refractivity contribution in [3.05, 3.63) is 158 Å². The summed E-state index contributed by atoms with van der Waals surface area (Å²) in [4.78, 5) is 18.8. The highest BCUT2D eigenvalue weighted by Gasteiger charge is 2.13. The summed E-state index contributed by atoms with van der Waals surface area (Å²) in [5, 5.41) is 0. The minimum absolute atomic E-state index is 0.648. The number of hydrogen-bond acceptors (Lipinski definition) is 4. The van der Waals surface area contributed by atoms with E-state index in [1.165, 1.54) is 11.1 Å². The molecule has 0 atom stereocenters. The lowest BCUT2D eigenvalue weighted by atomic mass is 9.97. The summed E-state index contributed by atoms with van der Waals surface area (Å²) in [5.41, 5.74) is 9.72. The van der Waals surface area contributed by atoms with E-state index in [0.717, 1.165) is 38.9 Å². The van der Waals surface area contributed by atoms with Crippen LogP contribution in [0.3, 0.4) is 0 Å². The number of aromatic nitrogens is 4. The van der Waals surface area contributed by atoms with E-state index in [0.29, 0.717) is 17.5 Å². The second-order valence-corrected chi connectivity index (χ2v) is 10.0. The van der Waals surface area contributed by atoms with E-state index in [1.807, 2.05) is 72.9 Å². The number of nitrogens with zero attached hydrogens (tertiary/aromatic N) is 4. The standard InChI is InChI=1S/C38H26N4/c1-3-9-31(10-4-1)36-40-37(32-11-5-2-6-12-32)42-38(41-36)34-14-7-13-33(25-34)29-20-16-27(17-21-29)28-18-22-30(23-19-28)35-15-8-24-39-26-35/h1-26H. The molecule has 0 radical (unpaired) electrons. The van der Waals surface area contributed by atoms with E-state index in [-0.39, 0.29) is 0 Å². The van der Waals surface area contributed by atoms with Gasteiger partial charge in [-0.25, -0.2) is 15.0 Å². The topological polar surface area (TPSA) is 51.6 Å². The Kier molecular flexibility index (Phi) is 6.85. The maximum absolute atomic E-state index is 4.89. The smallest absolute Gasteiger partial charge is 0.164 e. The van der Waals surface area contributed by atoms with Crippen LogP contribution in [0.2, 0.25) is 0 Å². The molecular weight excluding hydrogens is 512 g/mol. The minimum Gasteiger partial charge on any atom is -0.264 e. The van der Waals surface area contributed by atoms with Crippen LogP contribution in [0.5, 0.6) is 0 Å². The first kappa shape index (κ1) is 25.2. The van der Waals surface area contributed by atoms with Crippen LogP contribution in [0.25, 0.3) is 67.5 Å². The van der Waals surface area contributed by atoms with E-state index in [2.05, 4.69) is 83.8 Å². The maximum Gasteiger partial charge on any atom is 0.164 e. The van der Waals surface area contributed by atoms with Gasteiger partial charge in [0.05, 0.1) is 0 Å². The summed E-state index contributed by atoms with van der Waals surface area (Å²) >= 11 is 0. The lowest BCUT2D eigenvalue weighted by Crippen LogP contribution is -2.00. The Labute approximate surface area is 245 Å². The van der Waals surface area contributed by atoms with Crippen molar-refractivity contribution < 1.29 is 0 Å². The van der Waals surface area contributed by atoms with Crippen molar-refractivity contribution in [2.75, 3.05) is 0 Å². The molecule has 0 aliphatic heterocycles. The summed E-state index contributed by atoms with van der Waals surface area (Å²) in [6.07, 6.45) is 3.68. The van der Waals surface area contributed by atoms with E-state index in [9.17, 15) is 0 Å². The average molecular weight is 539 g/mol. The van der Waals surface area contributed by atoms with Gasteiger partial charge in [0.25, 0.3) is 0 Å². The highest BCUT2D eigenvalue weighted by atomic mass is 15.0. The maximum atomic E-state index is 4.89. The SMILES string of the molecule is c1ccc(-c2nc(-c3ccccc3)nc(-c3cccc(-c4ccc(-c5ccc(-c6cccnc6)cc5)cc4)c3)n2)cc1. The zero-order valence-electron chi connectivity index (χ0n) is 22.8. The summed E-state index contributed by atoms with van der Waals surface area (Å²) in [5.74, 6) is 1.96. The first-order valence-electron chi connectivity index (χ1n) is 13.9. The third-order valence-corrected chi connectivity index (χ3v) is 7.25. The number of benzene rings is 5. The molecule has 0 bridgehead atoms. The molecule has 7 rings (SSSR count). The molecule has 0 fully saturated rings. The van der Waals surface area contributed by atoms with E-state index in [4.69, 9.17) is 15.0 Å². The van der Waals surface area contributed by atoms with Gasteiger partial charge in [-0.05, 0) is 45.5 Å². The third kappa shape index (κ3) is 5.34.